The highest BCUT2D eigenvalue weighted by Crippen LogP contribution is 2.33. The molecule has 3 aromatic rings. The number of thiazole rings is 1. The number of hydrogen-bond acceptors (Lipinski definition) is 3. The lowest BCUT2D eigenvalue weighted by atomic mass is 10.2. The maximum Gasteiger partial charge on any atom is 0.113 e. The van der Waals surface area contributed by atoms with E-state index in [1.54, 1.807) is 11.3 Å². The topological polar surface area (TPSA) is 24.9 Å². The van der Waals surface area contributed by atoms with E-state index in [0.717, 1.165) is 20.9 Å². The van der Waals surface area contributed by atoms with Crippen molar-refractivity contribution < 1.29 is 0 Å². The summed E-state index contributed by atoms with van der Waals surface area (Å²) in [4.78, 5) is 4.55. The summed E-state index contributed by atoms with van der Waals surface area (Å²) in [6.45, 7) is 2.75. The van der Waals surface area contributed by atoms with Crippen LogP contribution in [0.1, 0.15) is 10.6 Å². The molecule has 0 amide bonds. The van der Waals surface area contributed by atoms with Crippen LogP contribution in [0.3, 0.4) is 0 Å². The molecule has 0 bridgehead atoms. The number of rotatable bonds is 3. The van der Waals surface area contributed by atoms with Gasteiger partial charge in [-0.1, -0.05) is 40.9 Å². The van der Waals surface area contributed by atoms with E-state index in [1.165, 1.54) is 5.56 Å². The van der Waals surface area contributed by atoms with E-state index in [1.807, 2.05) is 12.1 Å². The van der Waals surface area contributed by atoms with Crippen LogP contribution in [0.15, 0.2) is 36.4 Å². The molecule has 5 heteroatoms. The van der Waals surface area contributed by atoms with Crippen LogP contribution >= 0.6 is 34.5 Å². The van der Waals surface area contributed by atoms with Gasteiger partial charge in [0.1, 0.15) is 10.5 Å². The minimum atomic E-state index is 0.530. The second-order valence-corrected chi connectivity index (χ2v) is 6.44. The number of fused-ring (bicyclic) bond motifs is 1. The summed E-state index contributed by atoms with van der Waals surface area (Å²) < 4.78 is 1.06. The Labute approximate surface area is 131 Å². The summed E-state index contributed by atoms with van der Waals surface area (Å²) in [5.41, 5.74) is 3.11. The summed E-state index contributed by atoms with van der Waals surface area (Å²) >= 11 is 13.8. The van der Waals surface area contributed by atoms with Gasteiger partial charge in [0.2, 0.25) is 0 Å². The van der Waals surface area contributed by atoms with Crippen LogP contribution in [0.4, 0.5) is 5.69 Å². The first kappa shape index (κ1) is 13.7. The number of anilines is 1. The number of nitrogens with zero attached hydrogens (tertiary/aromatic N) is 1. The molecular formula is C15H12Cl2N2S. The summed E-state index contributed by atoms with van der Waals surface area (Å²) in [5, 5.41) is 5.42. The van der Waals surface area contributed by atoms with Crippen LogP contribution in [0.25, 0.3) is 10.2 Å². The average molecular weight is 323 g/mol. The summed E-state index contributed by atoms with van der Waals surface area (Å²) in [6.07, 6.45) is 0. The average Bonchev–Trinajstić information content (AvgIpc) is 2.86. The predicted octanol–water partition coefficient (Wildman–Crippen LogP) is 5.52. The normalized spacial score (nSPS) is 10.9. The molecule has 0 spiro atoms. The highest BCUT2D eigenvalue weighted by atomic mass is 35.5. The van der Waals surface area contributed by atoms with Gasteiger partial charge in [-0.3, -0.25) is 0 Å². The van der Waals surface area contributed by atoms with Gasteiger partial charge in [-0.15, -0.1) is 11.3 Å². The summed E-state index contributed by atoms with van der Waals surface area (Å²) in [6, 6.07) is 12.0. The largest absolute Gasteiger partial charge is 0.379 e. The molecule has 2 nitrogen and oxygen atoms in total. The van der Waals surface area contributed by atoms with E-state index in [4.69, 9.17) is 23.2 Å². The van der Waals surface area contributed by atoms with Crippen molar-refractivity contribution in [3.63, 3.8) is 0 Å². The Bertz CT molecular complexity index is 750. The highest BCUT2D eigenvalue weighted by molar-refractivity contribution is 7.18. The molecular weight excluding hydrogens is 311 g/mol. The SMILES string of the molecule is Cc1ccc(NCc2nc3c(Cl)c(Cl)ccc3s2)cc1. The van der Waals surface area contributed by atoms with E-state index in [2.05, 4.69) is 41.5 Å². The minimum Gasteiger partial charge on any atom is -0.379 e. The van der Waals surface area contributed by atoms with Crippen molar-refractivity contribution >= 4 is 50.4 Å². The van der Waals surface area contributed by atoms with Crippen LogP contribution in [0, 0.1) is 6.92 Å². The van der Waals surface area contributed by atoms with Gasteiger partial charge in [0.25, 0.3) is 0 Å². The molecule has 0 fully saturated rings. The molecule has 3 rings (SSSR count). The summed E-state index contributed by atoms with van der Waals surface area (Å²) in [5.74, 6) is 0. The van der Waals surface area contributed by atoms with Crippen LogP contribution in [0.2, 0.25) is 10.0 Å². The zero-order valence-electron chi connectivity index (χ0n) is 10.8. The molecule has 0 unspecified atom stereocenters. The first-order chi connectivity index (χ1) is 9.63. The maximum atomic E-state index is 6.17. The molecule has 1 aromatic heterocycles. The third kappa shape index (κ3) is 2.75. The fourth-order valence-electron chi connectivity index (χ4n) is 1.91. The third-order valence-electron chi connectivity index (χ3n) is 2.99. The lowest BCUT2D eigenvalue weighted by Gasteiger charge is -2.03. The fourth-order valence-corrected chi connectivity index (χ4v) is 3.24. The highest BCUT2D eigenvalue weighted by Gasteiger charge is 2.09. The molecule has 0 aliphatic heterocycles. The van der Waals surface area contributed by atoms with Crippen LogP contribution in [0.5, 0.6) is 0 Å². The van der Waals surface area contributed by atoms with E-state index in [-0.39, 0.29) is 0 Å². The smallest absolute Gasteiger partial charge is 0.113 e. The Morgan fingerprint density at radius 1 is 1.10 bits per heavy atom. The van der Waals surface area contributed by atoms with Crippen molar-refractivity contribution in [1.29, 1.82) is 0 Å². The van der Waals surface area contributed by atoms with Crippen molar-refractivity contribution in [2.24, 2.45) is 0 Å². The van der Waals surface area contributed by atoms with Crippen LogP contribution < -0.4 is 5.32 Å². The molecule has 0 radical (unpaired) electrons. The van der Waals surface area contributed by atoms with Crippen LogP contribution in [-0.4, -0.2) is 4.98 Å². The summed E-state index contributed by atoms with van der Waals surface area (Å²) in [7, 11) is 0. The van der Waals surface area contributed by atoms with E-state index >= 15 is 0 Å². The first-order valence-corrected chi connectivity index (χ1v) is 7.75. The second-order valence-electron chi connectivity index (χ2n) is 4.54. The molecule has 1 N–H and O–H groups in total. The zero-order valence-corrected chi connectivity index (χ0v) is 13.1. The van der Waals surface area contributed by atoms with Crippen LogP contribution in [-0.2, 0) is 6.54 Å². The monoisotopic (exact) mass is 322 g/mol. The van der Waals surface area contributed by atoms with Gasteiger partial charge in [0, 0.05) is 5.69 Å². The van der Waals surface area contributed by atoms with Gasteiger partial charge in [-0.2, -0.15) is 0 Å². The number of aryl methyl sites for hydroxylation is 1. The minimum absolute atomic E-state index is 0.530. The van der Waals surface area contributed by atoms with Gasteiger partial charge in [-0.05, 0) is 31.2 Å². The second kappa shape index (κ2) is 5.60. The maximum absolute atomic E-state index is 6.17. The Kier molecular flexibility index (Phi) is 3.83. The Morgan fingerprint density at radius 3 is 2.60 bits per heavy atom. The molecule has 0 saturated carbocycles. The standard InChI is InChI=1S/C15H12Cl2N2S/c1-9-2-4-10(5-3-9)18-8-13-19-15-12(20-13)7-6-11(16)14(15)17/h2-7,18H,8H2,1H3. The first-order valence-electron chi connectivity index (χ1n) is 6.17. The van der Waals surface area contributed by atoms with Gasteiger partial charge in [-0.25, -0.2) is 4.98 Å². The number of hydrogen-bond donors (Lipinski definition) is 1. The van der Waals surface area contributed by atoms with Crippen molar-refractivity contribution in [2.45, 2.75) is 13.5 Å². The van der Waals surface area contributed by atoms with Gasteiger partial charge >= 0.3 is 0 Å². The predicted molar refractivity (Wildman–Crippen MR) is 88.1 cm³/mol. The fraction of sp³-hybridized carbons (Fsp3) is 0.133. The molecule has 1 heterocycles. The third-order valence-corrected chi connectivity index (χ3v) is 4.81. The Balaban J connectivity index is 1.81. The number of halogens is 2. The molecule has 0 aliphatic carbocycles. The quantitative estimate of drug-likeness (QED) is 0.686. The van der Waals surface area contributed by atoms with Gasteiger partial charge in [0.15, 0.2) is 0 Å². The van der Waals surface area contributed by atoms with E-state index in [9.17, 15) is 0 Å². The molecule has 0 saturated heterocycles. The molecule has 102 valence electrons. The number of nitrogens with one attached hydrogen (secondary N) is 1. The molecule has 0 aliphatic rings. The number of benzene rings is 2. The van der Waals surface area contributed by atoms with Gasteiger partial charge < -0.3 is 5.32 Å². The lowest BCUT2D eigenvalue weighted by Crippen LogP contribution is -1.98. The molecule has 2 aromatic carbocycles. The van der Waals surface area contributed by atoms with Crippen molar-refractivity contribution in [3.05, 3.63) is 57.0 Å². The van der Waals surface area contributed by atoms with E-state index < -0.39 is 0 Å². The van der Waals surface area contributed by atoms with Crippen molar-refractivity contribution in [2.75, 3.05) is 5.32 Å². The molecule has 0 atom stereocenters. The zero-order chi connectivity index (χ0) is 14.1. The molecule has 20 heavy (non-hydrogen) atoms. The van der Waals surface area contributed by atoms with E-state index in [0.29, 0.717) is 16.6 Å². The lowest BCUT2D eigenvalue weighted by molar-refractivity contribution is 1.12. The van der Waals surface area contributed by atoms with Crippen molar-refractivity contribution in [3.8, 4) is 0 Å². The van der Waals surface area contributed by atoms with Gasteiger partial charge in [0.05, 0.1) is 21.3 Å². The number of aromatic nitrogens is 1. The Morgan fingerprint density at radius 2 is 1.85 bits per heavy atom. The Hall–Kier alpha value is -1.29. The van der Waals surface area contributed by atoms with Crippen molar-refractivity contribution in [1.82, 2.24) is 4.98 Å².